The SMILES string of the molecule is O=[N+]([O-])c1cc(Br)c(F)c(S(=O)[O-])c1.[Na+]. The van der Waals surface area contributed by atoms with Crippen molar-refractivity contribution in [2.45, 2.75) is 4.90 Å². The van der Waals surface area contributed by atoms with Crippen LogP contribution in [0.25, 0.3) is 0 Å². The Hall–Kier alpha value is 0.140. The summed E-state index contributed by atoms with van der Waals surface area (Å²) in [5.74, 6) is -1.04. The molecule has 0 saturated heterocycles. The Morgan fingerprint density at radius 2 is 2.00 bits per heavy atom. The van der Waals surface area contributed by atoms with Gasteiger partial charge in [-0.05, 0) is 27.0 Å². The molecule has 1 aromatic rings. The quantitative estimate of drug-likeness (QED) is 0.295. The van der Waals surface area contributed by atoms with Gasteiger partial charge >= 0.3 is 29.6 Å². The van der Waals surface area contributed by atoms with E-state index in [1.165, 1.54) is 0 Å². The fourth-order valence-corrected chi connectivity index (χ4v) is 1.83. The van der Waals surface area contributed by atoms with Crippen LogP contribution in [-0.2, 0) is 11.1 Å². The molecule has 1 rings (SSSR count). The normalized spacial score (nSPS) is 11.7. The summed E-state index contributed by atoms with van der Waals surface area (Å²) in [5.41, 5.74) is -0.488. The summed E-state index contributed by atoms with van der Waals surface area (Å²) in [6.45, 7) is 0. The zero-order valence-electron chi connectivity index (χ0n) is 7.40. The largest absolute Gasteiger partial charge is 1.00 e. The molecule has 0 heterocycles. The van der Waals surface area contributed by atoms with Crippen LogP contribution in [-0.4, -0.2) is 13.7 Å². The number of non-ortho nitro benzene ring substituents is 1. The Morgan fingerprint density at radius 1 is 1.47 bits per heavy atom. The van der Waals surface area contributed by atoms with Crippen molar-refractivity contribution < 1.29 is 47.6 Å². The van der Waals surface area contributed by atoms with Crippen LogP contribution in [0.3, 0.4) is 0 Å². The third kappa shape index (κ3) is 3.58. The predicted octanol–water partition coefficient (Wildman–Crippen LogP) is -1.26. The maximum atomic E-state index is 13.0. The van der Waals surface area contributed by atoms with E-state index in [4.69, 9.17) is 0 Å². The maximum absolute atomic E-state index is 13.0. The average molecular weight is 306 g/mol. The van der Waals surface area contributed by atoms with Gasteiger partial charge < -0.3 is 4.55 Å². The van der Waals surface area contributed by atoms with Crippen LogP contribution in [0.5, 0.6) is 0 Å². The molecule has 1 aromatic carbocycles. The van der Waals surface area contributed by atoms with Crippen LogP contribution in [0.4, 0.5) is 10.1 Å². The van der Waals surface area contributed by atoms with Gasteiger partial charge in [-0.15, -0.1) is 0 Å². The number of halogens is 2. The molecule has 0 spiro atoms. The van der Waals surface area contributed by atoms with Gasteiger partial charge in [0.25, 0.3) is 5.69 Å². The minimum Gasteiger partial charge on any atom is -0.768 e. The molecule has 5 nitrogen and oxygen atoms in total. The molecule has 1 atom stereocenters. The third-order valence-corrected chi connectivity index (χ3v) is 2.60. The molecule has 0 N–H and O–H groups in total. The van der Waals surface area contributed by atoms with E-state index in [-0.39, 0.29) is 34.0 Å². The van der Waals surface area contributed by atoms with E-state index in [2.05, 4.69) is 15.9 Å². The van der Waals surface area contributed by atoms with Crippen molar-refractivity contribution in [3.63, 3.8) is 0 Å². The van der Waals surface area contributed by atoms with Crippen molar-refractivity contribution in [2.24, 2.45) is 0 Å². The van der Waals surface area contributed by atoms with E-state index >= 15 is 0 Å². The van der Waals surface area contributed by atoms with Gasteiger partial charge in [0.1, 0.15) is 0 Å². The van der Waals surface area contributed by atoms with Crippen LogP contribution in [0.1, 0.15) is 0 Å². The summed E-state index contributed by atoms with van der Waals surface area (Å²) in [4.78, 5) is 8.77. The summed E-state index contributed by atoms with van der Waals surface area (Å²) in [6.07, 6.45) is 0. The van der Waals surface area contributed by atoms with E-state index < -0.39 is 32.4 Å². The standard InChI is InChI=1S/C6H3BrFNO4S.Na/c7-4-1-3(9(10)11)2-5(6(4)8)14(12)13;/h1-2H,(H,12,13);/q;+1/p-1. The second kappa shape index (κ2) is 6.02. The first kappa shape index (κ1) is 15.1. The molecule has 9 heteroatoms. The molecule has 0 fully saturated rings. The number of nitro benzene ring substituents is 1. The Balaban J connectivity index is 0.00000196. The molecule has 0 saturated carbocycles. The molecule has 0 aliphatic carbocycles. The van der Waals surface area contributed by atoms with Crippen molar-refractivity contribution in [1.29, 1.82) is 0 Å². The van der Waals surface area contributed by atoms with Gasteiger partial charge in [-0.1, -0.05) is 0 Å². The average Bonchev–Trinajstić information content (AvgIpc) is 2.08. The van der Waals surface area contributed by atoms with Crippen LogP contribution in [0.15, 0.2) is 21.5 Å². The van der Waals surface area contributed by atoms with Gasteiger partial charge in [0.2, 0.25) is 0 Å². The van der Waals surface area contributed by atoms with Crippen molar-refractivity contribution in [1.82, 2.24) is 0 Å². The number of nitrogens with zero attached hydrogens (tertiary/aromatic N) is 1. The number of nitro groups is 1. The zero-order valence-corrected chi connectivity index (χ0v) is 11.8. The second-order valence-corrected chi connectivity index (χ2v) is 4.00. The van der Waals surface area contributed by atoms with Crippen LogP contribution >= 0.6 is 15.9 Å². The summed E-state index contributed by atoms with van der Waals surface area (Å²) in [5, 5.41) is 10.3. The molecule has 76 valence electrons. The van der Waals surface area contributed by atoms with Gasteiger partial charge in [0, 0.05) is 12.1 Å². The Labute approximate surface area is 117 Å². The molecular weight excluding hydrogens is 304 g/mol. The molecule has 0 aliphatic heterocycles. The third-order valence-electron chi connectivity index (χ3n) is 1.37. The van der Waals surface area contributed by atoms with Crippen molar-refractivity contribution in [2.75, 3.05) is 0 Å². The van der Waals surface area contributed by atoms with Crippen molar-refractivity contribution in [3.05, 3.63) is 32.5 Å². The number of hydrogen-bond acceptors (Lipinski definition) is 4. The predicted molar refractivity (Wildman–Crippen MR) is 47.9 cm³/mol. The van der Waals surface area contributed by atoms with Gasteiger partial charge in [-0.3, -0.25) is 14.3 Å². The number of rotatable bonds is 2. The van der Waals surface area contributed by atoms with E-state index in [1.807, 2.05) is 0 Å². The van der Waals surface area contributed by atoms with Gasteiger partial charge in [0.05, 0.1) is 14.3 Å². The van der Waals surface area contributed by atoms with E-state index in [9.17, 15) is 23.3 Å². The fourth-order valence-electron chi connectivity index (χ4n) is 0.777. The smallest absolute Gasteiger partial charge is 0.768 e. The van der Waals surface area contributed by atoms with E-state index in [0.29, 0.717) is 6.07 Å². The minimum atomic E-state index is -2.84. The Kier molecular flexibility index (Phi) is 6.08. The van der Waals surface area contributed by atoms with Crippen LogP contribution < -0.4 is 29.6 Å². The topological polar surface area (TPSA) is 83.3 Å². The first-order chi connectivity index (χ1) is 6.43. The molecule has 1 unspecified atom stereocenters. The van der Waals surface area contributed by atoms with Gasteiger partial charge in [-0.2, -0.15) is 0 Å². The summed E-state index contributed by atoms with van der Waals surface area (Å²) >= 11 is -0.156. The molecule has 0 bridgehead atoms. The fraction of sp³-hybridized carbons (Fsp3) is 0. The molecule has 0 aliphatic rings. The van der Waals surface area contributed by atoms with Crippen molar-refractivity contribution >= 4 is 32.7 Å². The first-order valence-electron chi connectivity index (χ1n) is 3.16. The molecule has 15 heavy (non-hydrogen) atoms. The summed E-state index contributed by atoms with van der Waals surface area (Å²) < 4.78 is 33.7. The Bertz CT molecular complexity index is 430. The monoisotopic (exact) mass is 305 g/mol. The van der Waals surface area contributed by atoms with Crippen LogP contribution in [0.2, 0.25) is 0 Å². The molecule has 0 aromatic heterocycles. The van der Waals surface area contributed by atoms with Gasteiger partial charge in [0.15, 0.2) is 5.82 Å². The van der Waals surface area contributed by atoms with E-state index in [0.717, 1.165) is 6.07 Å². The molecule has 0 amide bonds. The minimum absolute atomic E-state index is 0. The second-order valence-electron chi connectivity index (χ2n) is 2.23. The number of benzene rings is 1. The first-order valence-corrected chi connectivity index (χ1v) is 5.03. The van der Waals surface area contributed by atoms with Crippen LogP contribution in [0, 0.1) is 15.9 Å². The summed E-state index contributed by atoms with van der Waals surface area (Å²) in [7, 11) is 0. The zero-order chi connectivity index (χ0) is 10.9. The number of hydrogen-bond donors (Lipinski definition) is 0. The Morgan fingerprint density at radius 3 is 2.40 bits per heavy atom. The maximum Gasteiger partial charge on any atom is 1.00 e. The van der Waals surface area contributed by atoms with Gasteiger partial charge in [-0.25, -0.2) is 4.39 Å². The molecule has 0 radical (unpaired) electrons. The van der Waals surface area contributed by atoms with Crippen molar-refractivity contribution in [3.8, 4) is 0 Å². The summed E-state index contributed by atoms with van der Waals surface area (Å²) in [6, 6.07) is 1.55. The van der Waals surface area contributed by atoms with E-state index in [1.54, 1.807) is 0 Å². The molecular formula is C6H2BrFNNaO4S.